The molecule has 5 nitrogen and oxygen atoms in total. The molecule has 1 aliphatic rings. The van der Waals surface area contributed by atoms with E-state index in [9.17, 15) is 15.0 Å². The molecule has 0 saturated carbocycles. The molecule has 5 heteroatoms. The Morgan fingerprint density at radius 1 is 1.50 bits per heavy atom. The van der Waals surface area contributed by atoms with Crippen LogP contribution in [0.5, 0.6) is 11.5 Å². The summed E-state index contributed by atoms with van der Waals surface area (Å²) in [5.74, 6) is -0.122. The van der Waals surface area contributed by atoms with Gasteiger partial charge in [0.2, 0.25) is 0 Å². The van der Waals surface area contributed by atoms with E-state index in [0.717, 1.165) is 18.5 Å². The van der Waals surface area contributed by atoms with Gasteiger partial charge in [-0.1, -0.05) is 13.0 Å². The number of aromatic hydroxyl groups is 1. The van der Waals surface area contributed by atoms with Gasteiger partial charge >= 0.3 is 5.97 Å². The molecule has 0 aliphatic carbocycles. The van der Waals surface area contributed by atoms with Gasteiger partial charge in [0.1, 0.15) is 6.04 Å². The third-order valence-electron chi connectivity index (χ3n) is 4.18. The zero-order chi connectivity index (χ0) is 14.9. The van der Waals surface area contributed by atoms with Gasteiger partial charge in [-0.25, -0.2) is 0 Å². The molecule has 0 spiro atoms. The van der Waals surface area contributed by atoms with Crippen molar-refractivity contribution < 1.29 is 19.7 Å². The number of carboxylic acid groups (broad SMARTS) is 1. The normalized spacial score (nSPS) is 24.6. The van der Waals surface area contributed by atoms with Crippen molar-refractivity contribution in [3.8, 4) is 11.5 Å². The maximum absolute atomic E-state index is 11.4. The van der Waals surface area contributed by atoms with E-state index in [0.29, 0.717) is 5.75 Å². The minimum atomic E-state index is -0.771. The first-order valence-corrected chi connectivity index (χ1v) is 6.81. The van der Waals surface area contributed by atoms with E-state index in [-0.39, 0.29) is 17.7 Å². The van der Waals surface area contributed by atoms with Crippen molar-refractivity contribution in [2.45, 2.75) is 32.4 Å². The quantitative estimate of drug-likeness (QED) is 0.884. The fourth-order valence-electron chi connectivity index (χ4n) is 2.94. The van der Waals surface area contributed by atoms with Crippen LogP contribution in [0, 0.1) is 5.92 Å². The molecular formula is C15H21NO4. The molecule has 1 aliphatic heterocycles. The van der Waals surface area contributed by atoms with Crippen LogP contribution in [0.15, 0.2) is 18.2 Å². The molecule has 1 aromatic carbocycles. The van der Waals surface area contributed by atoms with E-state index < -0.39 is 12.0 Å². The molecular weight excluding hydrogens is 258 g/mol. The molecule has 0 radical (unpaired) electrons. The van der Waals surface area contributed by atoms with E-state index in [1.54, 1.807) is 12.1 Å². The summed E-state index contributed by atoms with van der Waals surface area (Å²) in [6, 6.07) is 4.67. The molecule has 0 aromatic heterocycles. The number of methoxy groups -OCH3 is 1. The van der Waals surface area contributed by atoms with Gasteiger partial charge < -0.3 is 14.9 Å². The van der Waals surface area contributed by atoms with Crippen LogP contribution in [-0.4, -0.2) is 40.8 Å². The molecule has 0 bridgehead atoms. The number of benzene rings is 1. The molecule has 0 amide bonds. The van der Waals surface area contributed by atoms with Crippen LogP contribution in [0.25, 0.3) is 0 Å². The van der Waals surface area contributed by atoms with Gasteiger partial charge in [0.05, 0.1) is 7.11 Å². The molecule has 1 fully saturated rings. The monoisotopic (exact) mass is 279 g/mol. The Morgan fingerprint density at radius 2 is 2.20 bits per heavy atom. The maximum Gasteiger partial charge on any atom is 0.321 e. The number of rotatable bonds is 4. The van der Waals surface area contributed by atoms with Crippen molar-refractivity contribution in [3.05, 3.63) is 23.8 Å². The predicted molar refractivity (Wildman–Crippen MR) is 75.0 cm³/mol. The average molecular weight is 279 g/mol. The second-order valence-corrected chi connectivity index (χ2v) is 5.39. The first kappa shape index (κ1) is 14.7. The standard InChI is InChI=1S/C15H21NO4/c1-9-6-7-16(14(9)15(18)19)10(2)11-4-5-12(17)13(8-11)20-3/h4-5,8-10,14,17H,6-7H2,1-3H3,(H,18,19). The minimum absolute atomic E-state index is 0.0319. The Morgan fingerprint density at radius 3 is 2.80 bits per heavy atom. The summed E-state index contributed by atoms with van der Waals surface area (Å²) in [6.07, 6.45) is 0.885. The number of ether oxygens (including phenoxy) is 1. The van der Waals surface area contributed by atoms with Crippen LogP contribution in [0.1, 0.15) is 31.9 Å². The Balaban J connectivity index is 2.26. The highest BCUT2D eigenvalue weighted by Gasteiger charge is 2.39. The zero-order valence-electron chi connectivity index (χ0n) is 12.0. The fraction of sp³-hybridized carbons (Fsp3) is 0.533. The lowest BCUT2D eigenvalue weighted by molar-refractivity contribution is -0.144. The van der Waals surface area contributed by atoms with E-state index in [1.165, 1.54) is 7.11 Å². The molecule has 1 saturated heterocycles. The molecule has 110 valence electrons. The Kier molecular flexibility index (Phi) is 4.18. The SMILES string of the molecule is COc1cc(C(C)N2CCC(C)C2C(=O)O)ccc1O. The third kappa shape index (κ3) is 2.58. The largest absolute Gasteiger partial charge is 0.504 e. The summed E-state index contributed by atoms with van der Waals surface area (Å²) in [7, 11) is 1.50. The molecule has 3 atom stereocenters. The van der Waals surface area contributed by atoms with Crippen molar-refractivity contribution in [1.82, 2.24) is 4.90 Å². The number of likely N-dealkylation sites (tertiary alicyclic amines) is 1. The number of aliphatic carboxylic acids is 1. The topological polar surface area (TPSA) is 70.0 Å². The van der Waals surface area contributed by atoms with Crippen LogP contribution < -0.4 is 4.74 Å². The highest BCUT2D eigenvalue weighted by molar-refractivity contribution is 5.74. The van der Waals surface area contributed by atoms with Gasteiger partial charge in [-0.15, -0.1) is 0 Å². The molecule has 2 N–H and O–H groups in total. The lowest BCUT2D eigenvalue weighted by Gasteiger charge is -2.30. The first-order valence-electron chi connectivity index (χ1n) is 6.81. The van der Waals surface area contributed by atoms with Gasteiger partial charge in [-0.2, -0.15) is 0 Å². The Hall–Kier alpha value is -1.75. The number of hydrogen-bond donors (Lipinski definition) is 2. The maximum atomic E-state index is 11.4. The van der Waals surface area contributed by atoms with Gasteiger partial charge in [-0.05, 0) is 43.5 Å². The van der Waals surface area contributed by atoms with Crippen molar-refractivity contribution >= 4 is 5.97 Å². The Labute approximate surface area is 118 Å². The number of phenolic OH excluding ortho intramolecular Hbond substituents is 1. The van der Waals surface area contributed by atoms with Crippen LogP contribution >= 0.6 is 0 Å². The van der Waals surface area contributed by atoms with Gasteiger partial charge in [0, 0.05) is 6.04 Å². The van der Waals surface area contributed by atoms with Gasteiger partial charge in [0.15, 0.2) is 11.5 Å². The smallest absolute Gasteiger partial charge is 0.321 e. The summed E-state index contributed by atoms with van der Waals surface area (Å²) in [5.41, 5.74) is 0.944. The number of hydrogen-bond acceptors (Lipinski definition) is 4. The lowest BCUT2D eigenvalue weighted by Crippen LogP contribution is -2.40. The molecule has 20 heavy (non-hydrogen) atoms. The zero-order valence-corrected chi connectivity index (χ0v) is 12.0. The number of nitrogens with zero attached hydrogens (tertiary/aromatic N) is 1. The minimum Gasteiger partial charge on any atom is -0.504 e. The second-order valence-electron chi connectivity index (χ2n) is 5.39. The predicted octanol–water partition coefficient (Wildman–Crippen LogP) is 2.26. The summed E-state index contributed by atoms with van der Waals surface area (Å²) < 4.78 is 5.11. The highest BCUT2D eigenvalue weighted by atomic mass is 16.5. The van der Waals surface area contributed by atoms with Gasteiger partial charge in [-0.3, -0.25) is 9.69 Å². The average Bonchev–Trinajstić information content (AvgIpc) is 2.80. The first-order chi connectivity index (χ1) is 9.45. The number of phenols is 1. The second kappa shape index (κ2) is 5.71. The summed E-state index contributed by atoms with van der Waals surface area (Å²) in [6.45, 7) is 4.73. The third-order valence-corrected chi connectivity index (χ3v) is 4.18. The Bertz CT molecular complexity index is 503. The van der Waals surface area contributed by atoms with Crippen LogP contribution in [0.2, 0.25) is 0 Å². The molecule has 1 heterocycles. The van der Waals surface area contributed by atoms with E-state index in [4.69, 9.17) is 4.74 Å². The van der Waals surface area contributed by atoms with Crippen molar-refractivity contribution in [2.24, 2.45) is 5.92 Å². The fourth-order valence-corrected chi connectivity index (χ4v) is 2.94. The summed E-state index contributed by atoms with van der Waals surface area (Å²) in [4.78, 5) is 13.4. The van der Waals surface area contributed by atoms with Crippen LogP contribution in [0.3, 0.4) is 0 Å². The van der Waals surface area contributed by atoms with E-state index in [1.807, 2.05) is 24.8 Å². The van der Waals surface area contributed by atoms with E-state index >= 15 is 0 Å². The molecule has 2 rings (SSSR count). The van der Waals surface area contributed by atoms with E-state index in [2.05, 4.69) is 0 Å². The molecule has 1 aromatic rings. The summed E-state index contributed by atoms with van der Waals surface area (Å²) in [5, 5.41) is 19.0. The summed E-state index contributed by atoms with van der Waals surface area (Å²) >= 11 is 0. The lowest BCUT2D eigenvalue weighted by atomic mass is 10.0. The van der Waals surface area contributed by atoms with Gasteiger partial charge in [0.25, 0.3) is 0 Å². The number of carboxylic acids is 1. The van der Waals surface area contributed by atoms with Crippen molar-refractivity contribution in [2.75, 3.05) is 13.7 Å². The number of carbonyl (C=O) groups is 1. The molecule has 3 unspecified atom stereocenters. The van der Waals surface area contributed by atoms with Crippen LogP contribution in [-0.2, 0) is 4.79 Å². The van der Waals surface area contributed by atoms with Crippen LogP contribution in [0.4, 0.5) is 0 Å². The highest BCUT2D eigenvalue weighted by Crippen LogP contribution is 2.35. The van der Waals surface area contributed by atoms with Crippen molar-refractivity contribution in [3.63, 3.8) is 0 Å². The van der Waals surface area contributed by atoms with Crippen molar-refractivity contribution in [1.29, 1.82) is 0 Å².